The number of rotatable bonds is 4. The summed E-state index contributed by atoms with van der Waals surface area (Å²) in [6, 6.07) is 0. The van der Waals surface area contributed by atoms with Crippen molar-refractivity contribution in [2.45, 2.75) is 17.9 Å². The number of H-pyrrole nitrogens is 1. The standard InChI is InChI=1S/C6H12N4O3S/c1-4(11)2-9-14(12,13)5-3-8-10-6(5)7/h3-4,9,11H,2H2,1H3,(H3,7,8,10). The maximum absolute atomic E-state index is 11.5. The predicted molar refractivity (Wildman–Crippen MR) is 49.9 cm³/mol. The highest BCUT2D eigenvalue weighted by atomic mass is 32.2. The molecule has 0 radical (unpaired) electrons. The number of sulfonamides is 1. The van der Waals surface area contributed by atoms with Gasteiger partial charge in [0.25, 0.3) is 0 Å². The summed E-state index contributed by atoms with van der Waals surface area (Å²) in [4.78, 5) is -0.113. The molecule has 8 heteroatoms. The Morgan fingerprint density at radius 3 is 2.86 bits per heavy atom. The summed E-state index contributed by atoms with van der Waals surface area (Å²) in [5.41, 5.74) is 5.33. The van der Waals surface area contributed by atoms with Crippen molar-refractivity contribution in [1.29, 1.82) is 0 Å². The summed E-state index contributed by atoms with van der Waals surface area (Å²) in [5, 5.41) is 14.7. The van der Waals surface area contributed by atoms with Crippen LogP contribution in [0.2, 0.25) is 0 Å². The van der Waals surface area contributed by atoms with E-state index in [1.165, 1.54) is 6.92 Å². The molecule has 14 heavy (non-hydrogen) atoms. The molecular formula is C6H12N4O3S. The summed E-state index contributed by atoms with van der Waals surface area (Å²) in [7, 11) is -3.67. The molecule has 0 fully saturated rings. The number of nitrogens with two attached hydrogens (primary N) is 1. The van der Waals surface area contributed by atoms with Gasteiger partial charge in [-0.05, 0) is 6.92 Å². The Labute approximate surface area is 81.4 Å². The lowest BCUT2D eigenvalue weighted by atomic mass is 10.4. The van der Waals surface area contributed by atoms with E-state index in [9.17, 15) is 8.42 Å². The van der Waals surface area contributed by atoms with Crippen molar-refractivity contribution in [2.24, 2.45) is 0 Å². The molecule has 0 amide bonds. The van der Waals surface area contributed by atoms with Crippen LogP contribution in [0.3, 0.4) is 0 Å². The van der Waals surface area contributed by atoms with Gasteiger partial charge >= 0.3 is 0 Å². The predicted octanol–water partition coefficient (Wildman–Crippen LogP) is -1.35. The minimum atomic E-state index is -3.67. The van der Waals surface area contributed by atoms with Crippen molar-refractivity contribution < 1.29 is 13.5 Å². The summed E-state index contributed by atoms with van der Waals surface area (Å²) in [6.07, 6.45) is 0.359. The fraction of sp³-hybridized carbons (Fsp3) is 0.500. The number of aliphatic hydroxyl groups is 1. The molecule has 80 valence electrons. The van der Waals surface area contributed by atoms with Gasteiger partial charge in [-0.15, -0.1) is 0 Å². The second-order valence-corrected chi connectivity index (χ2v) is 4.58. The van der Waals surface area contributed by atoms with Crippen molar-refractivity contribution in [3.8, 4) is 0 Å². The zero-order valence-corrected chi connectivity index (χ0v) is 8.37. The molecule has 1 aromatic rings. The molecule has 7 nitrogen and oxygen atoms in total. The molecule has 1 unspecified atom stereocenters. The van der Waals surface area contributed by atoms with Crippen LogP contribution in [0.1, 0.15) is 6.92 Å². The summed E-state index contributed by atoms with van der Waals surface area (Å²) in [6.45, 7) is 1.41. The zero-order valence-electron chi connectivity index (χ0n) is 7.56. The average Bonchev–Trinajstić information content (AvgIpc) is 2.48. The van der Waals surface area contributed by atoms with E-state index in [2.05, 4.69) is 14.9 Å². The van der Waals surface area contributed by atoms with Crippen molar-refractivity contribution in [3.05, 3.63) is 6.20 Å². The third-order valence-electron chi connectivity index (χ3n) is 1.49. The van der Waals surface area contributed by atoms with E-state index in [4.69, 9.17) is 10.8 Å². The molecule has 0 bridgehead atoms. The molecule has 5 N–H and O–H groups in total. The average molecular weight is 220 g/mol. The molecule has 0 saturated carbocycles. The second kappa shape index (κ2) is 3.95. The van der Waals surface area contributed by atoms with Gasteiger partial charge < -0.3 is 10.8 Å². The lowest BCUT2D eigenvalue weighted by Gasteiger charge is -2.06. The Morgan fingerprint density at radius 1 is 1.79 bits per heavy atom. The van der Waals surface area contributed by atoms with Crippen LogP contribution in [0.25, 0.3) is 0 Å². The van der Waals surface area contributed by atoms with Crippen LogP contribution < -0.4 is 10.5 Å². The second-order valence-electron chi connectivity index (χ2n) is 2.85. The Morgan fingerprint density at radius 2 is 2.43 bits per heavy atom. The van der Waals surface area contributed by atoms with Crippen LogP contribution in [0.4, 0.5) is 5.82 Å². The zero-order chi connectivity index (χ0) is 10.8. The van der Waals surface area contributed by atoms with Crippen molar-refractivity contribution in [2.75, 3.05) is 12.3 Å². The molecular weight excluding hydrogens is 208 g/mol. The number of nitrogens with one attached hydrogen (secondary N) is 2. The Balaban J connectivity index is 2.82. The van der Waals surface area contributed by atoms with Crippen LogP contribution in [0, 0.1) is 0 Å². The quantitative estimate of drug-likeness (QED) is 0.500. The number of hydrogen-bond acceptors (Lipinski definition) is 5. The number of aromatic amines is 1. The van der Waals surface area contributed by atoms with Gasteiger partial charge in [-0.3, -0.25) is 5.10 Å². The molecule has 1 rings (SSSR count). The molecule has 1 aromatic heterocycles. The molecule has 0 aromatic carbocycles. The third-order valence-corrected chi connectivity index (χ3v) is 2.94. The van der Waals surface area contributed by atoms with Gasteiger partial charge in [0, 0.05) is 6.54 Å². The van der Waals surface area contributed by atoms with Crippen LogP contribution >= 0.6 is 0 Å². The van der Waals surface area contributed by atoms with E-state index in [0.717, 1.165) is 6.20 Å². The molecule has 0 spiro atoms. The number of aliphatic hydroxyl groups excluding tert-OH is 1. The first kappa shape index (κ1) is 11.0. The van der Waals surface area contributed by atoms with Gasteiger partial charge in [-0.1, -0.05) is 0 Å². The summed E-state index contributed by atoms with van der Waals surface area (Å²) < 4.78 is 25.1. The first-order valence-electron chi connectivity index (χ1n) is 3.90. The lowest BCUT2D eigenvalue weighted by molar-refractivity contribution is 0.198. The van der Waals surface area contributed by atoms with Crippen molar-refractivity contribution >= 4 is 15.8 Å². The third kappa shape index (κ3) is 2.44. The van der Waals surface area contributed by atoms with Gasteiger partial charge in [0.1, 0.15) is 10.7 Å². The van der Waals surface area contributed by atoms with E-state index < -0.39 is 16.1 Å². The largest absolute Gasteiger partial charge is 0.392 e. The van der Waals surface area contributed by atoms with Gasteiger partial charge in [0.15, 0.2) is 0 Å². The molecule has 1 atom stereocenters. The SMILES string of the molecule is CC(O)CNS(=O)(=O)c1cn[nH]c1N. The molecule has 1 heterocycles. The van der Waals surface area contributed by atoms with E-state index >= 15 is 0 Å². The number of hydrogen-bond donors (Lipinski definition) is 4. The fourth-order valence-corrected chi connectivity index (χ4v) is 1.95. The number of aromatic nitrogens is 2. The highest BCUT2D eigenvalue weighted by molar-refractivity contribution is 7.89. The first-order chi connectivity index (χ1) is 6.43. The Kier molecular flexibility index (Phi) is 3.09. The monoisotopic (exact) mass is 220 g/mol. The smallest absolute Gasteiger partial charge is 0.245 e. The Bertz CT molecular complexity index is 397. The van der Waals surface area contributed by atoms with Gasteiger partial charge in [0.2, 0.25) is 10.0 Å². The molecule has 0 saturated heterocycles. The van der Waals surface area contributed by atoms with Crippen LogP contribution in [0.5, 0.6) is 0 Å². The molecule has 0 aliphatic rings. The Hall–Kier alpha value is -1.12. The van der Waals surface area contributed by atoms with Crippen LogP contribution in [-0.2, 0) is 10.0 Å². The van der Waals surface area contributed by atoms with E-state index in [-0.39, 0.29) is 17.3 Å². The maximum atomic E-state index is 11.5. The number of anilines is 1. The van der Waals surface area contributed by atoms with Crippen LogP contribution in [0.15, 0.2) is 11.1 Å². The number of nitrogen functional groups attached to an aromatic ring is 1. The molecule has 0 aliphatic carbocycles. The lowest BCUT2D eigenvalue weighted by Crippen LogP contribution is -2.30. The highest BCUT2D eigenvalue weighted by Crippen LogP contribution is 2.12. The molecule has 0 aliphatic heterocycles. The first-order valence-corrected chi connectivity index (χ1v) is 5.38. The van der Waals surface area contributed by atoms with Crippen molar-refractivity contribution in [3.63, 3.8) is 0 Å². The minimum absolute atomic E-state index is 0.0249. The minimum Gasteiger partial charge on any atom is -0.392 e. The fourth-order valence-electron chi connectivity index (χ4n) is 0.807. The summed E-state index contributed by atoms with van der Waals surface area (Å²) in [5.74, 6) is -0.0249. The van der Waals surface area contributed by atoms with E-state index in [1.807, 2.05) is 0 Å². The topological polar surface area (TPSA) is 121 Å². The number of nitrogens with zero attached hydrogens (tertiary/aromatic N) is 1. The summed E-state index contributed by atoms with van der Waals surface area (Å²) >= 11 is 0. The normalized spacial score (nSPS) is 14.1. The van der Waals surface area contributed by atoms with Gasteiger partial charge in [0.05, 0.1) is 12.3 Å². The maximum Gasteiger partial charge on any atom is 0.245 e. The van der Waals surface area contributed by atoms with E-state index in [1.54, 1.807) is 0 Å². The highest BCUT2D eigenvalue weighted by Gasteiger charge is 2.19. The van der Waals surface area contributed by atoms with Gasteiger partial charge in [-0.25, -0.2) is 13.1 Å². The van der Waals surface area contributed by atoms with E-state index in [0.29, 0.717) is 0 Å². The van der Waals surface area contributed by atoms with Crippen molar-refractivity contribution in [1.82, 2.24) is 14.9 Å². The van der Waals surface area contributed by atoms with Crippen LogP contribution in [-0.4, -0.2) is 36.4 Å². The van der Waals surface area contributed by atoms with Gasteiger partial charge in [-0.2, -0.15) is 5.10 Å².